The number of benzene rings is 2. The molecule has 0 atom stereocenters. The first-order valence-electron chi connectivity index (χ1n) is 11.9. The van der Waals surface area contributed by atoms with Crippen molar-refractivity contribution in [2.24, 2.45) is 0 Å². The molecule has 1 heterocycles. The molecule has 2 aromatic carbocycles. The van der Waals surface area contributed by atoms with Crippen LogP contribution < -0.4 is 19.5 Å². The zero-order valence-corrected chi connectivity index (χ0v) is 22.1. The number of nitriles is 1. The number of ether oxygens (including phenoxy) is 3. The van der Waals surface area contributed by atoms with Crippen molar-refractivity contribution >= 4 is 28.5 Å². The summed E-state index contributed by atoms with van der Waals surface area (Å²) >= 11 is 1.30. The number of hydrogen-bond donors (Lipinski definition) is 1. The molecule has 3 rings (SSSR count). The quantitative estimate of drug-likeness (QED) is 0.137. The molecule has 1 aromatic heterocycles. The van der Waals surface area contributed by atoms with Gasteiger partial charge in [-0.1, -0.05) is 42.0 Å². The molecule has 8 nitrogen and oxygen atoms in total. The van der Waals surface area contributed by atoms with Gasteiger partial charge in [0.05, 0.1) is 7.11 Å². The van der Waals surface area contributed by atoms with Crippen molar-refractivity contribution in [3.63, 3.8) is 0 Å². The van der Waals surface area contributed by atoms with E-state index in [2.05, 4.69) is 22.1 Å². The van der Waals surface area contributed by atoms with Crippen molar-refractivity contribution in [2.45, 2.75) is 33.1 Å². The summed E-state index contributed by atoms with van der Waals surface area (Å²) in [5.74, 6) is 1.25. The topological polar surface area (TPSA) is 106 Å². The molecule has 1 N–H and O–H groups in total. The maximum Gasteiger partial charge on any atom is 0.268 e. The van der Waals surface area contributed by atoms with Gasteiger partial charge in [0.1, 0.15) is 35.6 Å². The first-order valence-corrected chi connectivity index (χ1v) is 12.7. The molecule has 0 unspecified atom stereocenters. The molecule has 3 aromatic rings. The van der Waals surface area contributed by atoms with Crippen LogP contribution in [0.5, 0.6) is 17.2 Å². The minimum absolute atomic E-state index is 0.0704. The Hall–Kier alpha value is -4.16. The lowest BCUT2D eigenvalue weighted by atomic mass is 10.0. The first kappa shape index (κ1) is 27.4. The van der Waals surface area contributed by atoms with Crippen molar-refractivity contribution in [3.8, 4) is 23.3 Å². The summed E-state index contributed by atoms with van der Waals surface area (Å²) in [6.07, 6.45) is 5.47. The zero-order valence-electron chi connectivity index (χ0n) is 21.2. The van der Waals surface area contributed by atoms with E-state index >= 15 is 0 Å². The highest BCUT2D eigenvalue weighted by atomic mass is 32.1. The number of carbonyl (C=O) groups is 1. The molecule has 0 aliphatic rings. The number of anilines is 1. The highest BCUT2D eigenvalue weighted by molar-refractivity contribution is 7.15. The van der Waals surface area contributed by atoms with E-state index in [1.165, 1.54) is 24.5 Å². The number of methoxy groups -OCH3 is 1. The number of hydrogen-bond acceptors (Lipinski definition) is 8. The van der Waals surface area contributed by atoms with E-state index in [0.717, 1.165) is 34.7 Å². The van der Waals surface area contributed by atoms with Gasteiger partial charge in [-0.25, -0.2) is 0 Å². The summed E-state index contributed by atoms with van der Waals surface area (Å²) in [4.78, 5) is 12.7. The van der Waals surface area contributed by atoms with Crippen molar-refractivity contribution in [3.05, 3.63) is 76.3 Å². The van der Waals surface area contributed by atoms with E-state index in [9.17, 15) is 10.1 Å². The van der Waals surface area contributed by atoms with Crippen LogP contribution in [0.15, 0.2) is 54.6 Å². The summed E-state index contributed by atoms with van der Waals surface area (Å²) < 4.78 is 17.3. The molecular weight excluding hydrogens is 488 g/mol. The standard InChI is InChI=1S/C28H30N4O4S/c1-5-7-21-15-20(16-22(18-29)27(33)30-28-32-31-25(37-28)8-6-2)17-24(34-4)26(21)36-14-13-35-23-11-9-19(3)10-12-23/h5,9-12,15-17H,1,6-8,13-14H2,2-4H3,(H,30,32,33). The highest BCUT2D eigenvalue weighted by Gasteiger charge is 2.16. The van der Waals surface area contributed by atoms with Crippen LogP contribution in [0.25, 0.3) is 6.08 Å². The van der Waals surface area contributed by atoms with Gasteiger partial charge in [0.25, 0.3) is 5.91 Å². The third-order valence-corrected chi connectivity index (χ3v) is 6.08. The largest absolute Gasteiger partial charge is 0.493 e. The Balaban J connectivity index is 1.75. The zero-order chi connectivity index (χ0) is 26.6. The molecule has 37 heavy (non-hydrogen) atoms. The molecule has 192 valence electrons. The molecule has 0 bridgehead atoms. The number of allylic oxidation sites excluding steroid dienone is 1. The number of carbonyl (C=O) groups excluding carboxylic acids is 1. The minimum atomic E-state index is -0.556. The lowest BCUT2D eigenvalue weighted by Crippen LogP contribution is -2.13. The average Bonchev–Trinajstić information content (AvgIpc) is 3.33. The van der Waals surface area contributed by atoms with E-state index in [1.807, 2.05) is 50.2 Å². The van der Waals surface area contributed by atoms with Crippen LogP contribution >= 0.6 is 11.3 Å². The number of nitrogens with zero attached hydrogens (tertiary/aromatic N) is 3. The Kier molecular flexibility index (Phi) is 10.2. The normalized spacial score (nSPS) is 10.9. The molecule has 0 saturated heterocycles. The van der Waals surface area contributed by atoms with E-state index in [0.29, 0.717) is 41.8 Å². The molecule has 0 aliphatic carbocycles. The Morgan fingerprint density at radius 3 is 2.62 bits per heavy atom. The number of aromatic nitrogens is 2. The number of amides is 1. The van der Waals surface area contributed by atoms with Crippen LogP contribution in [0.2, 0.25) is 0 Å². The second-order valence-electron chi connectivity index (χ2n) is 8.09. The second kappa shape index (κ2) is 13.8. The van der Waals surface area contributed by atoms with Gasteiger partial charge in [0.2, 0.25) is 5.13 Å². The van der Waals surface area contributed by atoms with Crippen LogP contribution in [0.4, 0.5) is 5.13 Å². The third kappa shape index (κ3) is 7.92. The number of rotatable bonds is 13. The van der Waals surface area contributed by atoms with E-state index in [1.54, 1.807) is 12.1 Å². The fourth-order valence-corrected chi connectivity index (χ4v) is 4.26. The Morgan fingerprint density at radius 2 is 1.95 bits per heavy atom. The minimum Gasteiger partial charge on any atom is -0.493 e. The summed E-state index contributed by atoms with van der Waals surface area (Å²) in [5, 5.41) is 21.5. The summed E-state index contributed by atoms with van der Waals surface area (Å²) in [6, 6.07) is 13.3. The van der Waals surface area contributed by atoms with Gasteiger partial charge in [-0.15, -0.1) is 16.8 Å². The molecule has 0 spiro atoms. The Labute approximate surface area is 221 Å². The fraction of sp³-hybridized carbons (Fsp3) is 0.286. The SMILES string of the molecule is C=CCc1cc(C=C(C#N)C(=O)Nc2nnc(CCC)s2)cc(OC)c1OCCOc1ccc(C)cc1. The molecule has 0 saturated carbocycles. The average molecular weight is 519 g/mol. The predicted octanol–water partition coefficient (Wildman–Crippen LogP) is 5.54. The van der Waals surface area contributed by atoms with Gasteiger partial charge < -0.3 is 14.2 Å². The van der Waals surface area contributed by atoms with Crippen LogP contribution in [-0.4, -0.2) is 36.4 Å². The lowest BCUT2D eigenvalue weighted by Gasteiger charge is -2.16. The molecule has 1 amide bonds. The summed E-state index contributed by atoms with van der Waals surface area (Å²) in [7, 11) is 1.54. The maximum atomic E-state index is 12.7. The van der Waals surface area contributed by atoms with Gasteiger partial charge >= 0.3 is 0 Å². The van der Waals surface area contributed by atoms with Crippen molar-refractivity contribution < 1.29 is 19.0 Å². The lowest BCUT2D eigenvalue weighted by molar-refractivity contribution is -0.112. The summed E-state index contributed by atoms with van der Waals surface area (Å²) in [5.41, 5.74) is 2.52. The van der Waals surface area contributed by atoms with Crippen molar-refractivity contribution in [1.82, 2.24) is 10.2 Å². The van der Waals surface area contributed by atoms with E-state index in [4.69, 9.17) is 14.2 Å². The molecule has 9 heteroatoms. The van der Waals surface area contributed by atoms with Gasteiger partial charge in [-0.3, -0.25) is 10.1 Å². The number of aryl methyl sites for hydroxylation is 2. The highest BCUT2D eigenvalue weighted by Crippen LogP contribution is 2.34. The fourth-order valence-electron chi connectivity index (χ4n) is 3.43. The monoisotopic (exact) mass is 518 g/mol. The first-order chi connectivity index (χ1) is 18.0. The van der Waals surface area contributed by atoms with E-state index in [-0.39, 0.29) is 5.57 Å². The van der Waals surface area contributed by atoms with Gasteiger partial charge in [-0.05, 0) is 55.7 Å². The van der Waals surface area contributed by atoms with Gasteiger partial charge in [-0.2, -0.15) is 5.26 Å². The number of nitrogens with one attached hydrogen (secondary N) is 1. The maximum absolute atomic E-state index is 12.7. The molecule has 0 fully saturated rings. The van der Waals surface area contributed by atoms with Crippen LogP contribution in [0.1, 0.15) is 35.0 Å². The van der Waals surface area contributed by atoms with Crippen molar-refractivity contribution in [1.29, 1.82) is 5.26 Å². The smallest absolute Gasteiger partial charge is 0.268 e. The second-order valence-corrected chi connectivity index (χ2v) is 9.15. The van der Waals surface area contributed by atoms with Gasteiger partial charge in [0.15, 0.2) is 11.5 Å². The molecule has 0 radical (unpaired) electrons. The molecular formula is C28H30N4O4S. The van der Waals surface area contributed by atoms with Crippen LogP contribution in [0, 0.1) is 18.3 Å². The third-order valence-electron chi connectivity index (χ3n) is 5.18. The van der Waals surface area contributed by atoms with Gasteiger partial charge in [0, 0.05) is 12.0 Å². The van der Waals surface area contributed by atoms with Crippen molar-refractivity contribution in [2.75, 3.05) is 25.6 Å². The predicted molar refractivity (Wildman–Crippen MR) is 145 cm³/mol. The molecule has 0 aliphatic heterocycles. The summed E-state index contributed by atoms with van der Waals surface area (Å²) in [6.45, 7) is 8.55. The Morgan fingerprint density at radius 1 is 1.19 bits per heavy atom. The Bertz CT molecular complexity index is 1290. The van der Waals surface area contributed by atoms with Crippen LogP contribution in [0.3, 0.4) is 0 Å². The van der Waals surface area contributed by atoms with E-state index < -0.39 is 5.91 Å². The van der Waals surface area contributed by atoms with Crippen LogP contribution in [-0.2, 0) is 17.6 Å².